The second-order valence-electron chi connectivity index (χ2n) is 7.00. The van der Waals surface area contributed by atoms with Crippen LogP contribution < -0.4 is 5.32 Å². The van der Waals surface area contributed by atoms with Crippen LogP contribution in [-0.4, -0.2) is 16.7 Å². The highest BCUT2D eigenvalue weighted by molar-refractivity contribution is 6.02. The number of hydrogen-bond donors (Lipinski definition) is 2. The lowest BCUT2D eigenvalue weighted by Gasteiger charge is -2.24. The highest BCUT2D eigenvalue weighted by atomic mass is 19.4. The van der Waals surface area contributed by atoms with Crippen molar-refractivity contribution in [2.75, 3.05) is 0 Å². The Balaban J connectivity index is 2.37. The van der Waals surface area contributed by atoms with E-state index in [1.807, 2.05) is 13.8 Å². The molecule has 1 heterocycles. The number of benzene rings is 1. The highest BCUT2D eigenvalue weighted by Gasteiger charge is 2.32. The third kappa shape index (κ3) is 4.40. The number of halogens is 3. The molecule has 1 aromatic heterocycles. The van der Waals surface area contributed by atoms with Gasteiger partial charge in [-0.15, -0.1) is 0 Å². The first-order valence-electron chi connectivity index (χ1n) is 8.61. The van der Waals surface area contributed by atoms with Crippen LogP contribution in [-0.2, 0) is 6.18 Å². The summed E-state index contributed by atoms with van der Waals surface area (Å²) in [5.41, 5.74) is 1.44. The fourth-order valence-electron chi connectivity index (χ4n) is 3.26. The SMILES string of the molecule is CC(=O)c1c(C)[nH]c(C(=O)NC(c2cccc(C(F)(F)F)c2)C(C)C)c1C. The Morgan fingerprint density at radius 3 is 2.26 bits per heavy atom. The molecule has 0 spiro atoms. The standard InChI is InChI=1S/C20H23F3N2O2/c1-10(2)17(14-7-6-8-15(9-14)20(21,22)23)25-19(27)18-11(3)16(13(5)26)12(4)24-18/h6-10,17,24H,1-5H3,(H,25,27). The zero-order chi connectivity index (χ0) is 20.5. The van der Waals surface area contributed by atoms with Crippen molar-refractivity contribution in [3.63, 3.8) is 0 Å². The van der Waals surface area contributed by atoms with Crippen molar-refractivity contribution in [1.82, 2.24) is 10.3 Å². The van der Waals surface area contributed by atoms with Crippen LogP contribution >= 0.6 is 0 Å². The Hall–Kier alpha value is -2.57. The number of alkyl halides is 3. The van der Waals surface area contributed by atoms with Crippen LogP contribution in [0.5, 0.6) is 0 Å². The van der Waals surface area contributed by atoms with Crippen molar-refractivity contribution < 1.29 is 22.8 Å². The molecule has 0 radical (unpaired) electrons. The van der Waals surface area contributed by atoms with E-state index < -0.39 is 23.7 Å². The van der Waals surface area contributed by atoms with Crippen LogP contribution in [0.2, 0.25) is 0 Å². The molecular formula is C20H23F3N2O2. The molecule has 0 bridgehead atoms. The normalized spacial score (nSPS) is 12.9. The molecule has 1 aromatic carbocycles. The van der Waals surface area contributed by atoms with Crippen molar-refractivity contribution in [1.29, 1.82) is 0 Å². The molecule has 0 aliphatic rings. The van der Waals surface area contributed by atoms with Gasteiger partial charge < -0.3 is 10.3 Å². The number of amides is 1. The van der Waals surface area contributed by atoms with Crippen molar-refractivity contribution in [2.45, 2.75) is 46.8 Å². The molecule has 0 aliphatic heterocycles. The Morgan fingerprint density at radius 2 is 1.78 bits per heavy atom. The molecule has 0 fully saturated rings. The van der Waals surface area contributed by atoms with Gasteiger partial charge in [0.2, 0.25) is 0 Å². The van der Waals surface area contributed by atoms with Crippen molar-refractivity contribution in [3.05, 3.63) is 57.9 Å². The summed E-state index contributed by atoms with van der Waals surface area (Å²) in [6.45, 7) is 8.43. The minimum absolute atomic E-state index is 0.138. The van der Waals surface area contributed by atoms with E-state index in [-0.39, 0.29) is 17.4 Å². The van der Waals surface area contributed by atoms with Crippen LogP contribution in [0, 0.1) is 19.8 Å². The average molecular weight is 380 g/mol. The summed E-state index contributed by atoms with van der Waals surface area (Å²) in [7, 11) is 0. The van der Waals surface area contributed by atoms with E-state index in [0.29, 0.717) is 22.4 Å². The minimum atomic E-state index is -4.45. The van der Waals surface area contributed by atoms with Gasteiger partial charge in [0.25, 0.3) is 5.91 Å². The Labute approximate surface area is 156 Å². The third-order valence-electron chi connectivity index (χ3n) is 4.54. The number of aromatic amines is 1. The van der Waals surface area contributed by atoms with Gasteiger partial charge >= 0.3 is 6.18 Å². The van der Waals surface area contributed by atoms with Gasteiger partial charge in [-0.05, 0) is 49.9 Å². The second kappa shape index (κ2) is 7.58. The number of hydrogen-bond acceptors (Lipinski definition) is 2. The molecule has 2 rings (SSSR count). The number of aromatic nitrogens is 1. The average Bonchev–Trinajstić information content (AvgIpc) is 2.86. The maximum atomic E-state index is 13.0. The third-order valence-corrected chi connectivity index (χ3v) is 4.54. The van der Waals surface area contributed by atoms with Crippen LogP contribution in [0.15, 0.2) is 24.3 Å². The maximum absolute atomic E-state index is 13.0. The first-order chi connectivity index (χ1) is 12.4. The van der Waals surface area contributed by atoms with E-state index in [1.165, 1.54) is 13.0 Å². The Bertz CT molecular complexity index is 867. The molecule has 1 amide bonds. The van der Waals surface area contributed by atoms with Crippen LogP contribution in [0.4, 0.5) is 13.2 Å². The molecule has 2 N–H and O–H groups in total. The molecule has 0 saturated carbocycles. The van der Waals surface area contributed by atoms with E-state index in [9.17, 15) is 22.8 Å². The number of ketones is 1. The fourth-order valence-corrected chi connectivity index (χ4v) is 3.26. The van der Waals surface area contributed by atoms with Gasteiger partial charge in [-0.1, -0.05) is 26.0 Å². The van der Waals surface area contributed by atoms with Crippen LogP contribution in [0.3, 0.4) is 0 Å². The second-order valence-corrected chi connectivity index (χ2v) is 7.00. The Kier molecular flexibility index (Phi) is 5.82. The number of carbonyl (C=O) groups excluding carboxylic acids is 2. The molecule has 27 heavy (non-hydrogen) atoms. The zero-order valence-electron chi connectivity index (χ0n) is 15.9. The van der Waals surface area contributed by atoms with Crippen molar-refractivity contribution in [3.8, 4) is 0 Å². The molecule has 4 nitrogen and oxygen atoms in total. The molecule has 1 unspecified atom stereocenters. The van der Waals surface area contributed by atoms with E-state index in [2.05, 4.69) is 10.3 Å². The van der Waals surface area contributed by atoms with Crippen molar-refractivity contribution in [2.24, 2.45) is 5.92 Å². The molecular weight excluding hydrogens is 357 g/mol. The first kappa shape index (κ1) is 20.7. The number of aryl methyl sites for hydroxylation is 1. The summed E-state index contributed by atoms with van der Waals surface area (Å²) >= 11 is 0. The van der Waals surface area contributed by atoms with E-state index in [1.54, 1.807) is 19.9 Å². The smallest absolute Gasteiger partial charge is 0.354 e. The molecule has 146 valence electrons. The fraction of sp³-hybridized carbons (Fsp3) is 0.400. The summed E-state index contributed by atoms with van der Waals surface area (Å²) in [6, 6.07) is 4.34. The minimum Gasteiger partial charge on any atom is -0.354 e. The largest absolute Gasteiger partial charge is 0.416 e. The number of carbonyl (C=O) groups is 2. The quantitative estimate of drug-likeness (QED) is 0.719. The summed E-state index contributed by atoms with van der Waals surface area (Å²) < 4.78 is 39.0. The summed E-state index contributed by atoms with van der Waals surface area (Å²) in [5.74, 6) is -0.751. The summed E-state index contributed by atoms with van der Waals surface area (Å²) in [5, 5.41) is 2.80. The van der Waals surface area contributed by atoms with Gasteiger partial charge in [0.15, 0.2) is 5.78 Å². The maximum Gasteiger partial charge on any atom is 0.416 e. The number of rotatable bonds is 5. The molecule has 1 atom stereocenters. The van der Waals surface area contributed by atoms with Gasteiger partial charge in [0, 0.05) is 11.3 Å². The molecule has 2 aromatic rings. The van der Waals surface area contributed by atoms with Crippen LogP contribution in [0.25, 0.3) is 0 Å². The Morgan fingerprint density at radius 1 is 1.15 bits per heavy atom. The predicted molar refractivity (Wildman–Crippen MR) is 96.8 cm³/mol. The zero-order valence-corrected chi connectivity index (χ0v) is 15.9. The number of nitrogens with one attached hydrogen (secondary N) is 2. The van der Waals surface area contributed by atoms with Crippen molar-refractivity contribution >= 4 is 11.7 Å². The summed E-state index contributed by atoms with van der Waals surface area (Å²) in [4.78, 5) is 27.4. The predicted octanol–water partition coefficient (Wildman–Crippen LogP) is 4.98. The molecule has 0 aliphatic carbocycles. The number of H-pyrrole nitrogens is 1. The lowest BCUT2D eigenvalue weighted by atomic mass is 9.94. The first-order valence-corrected chi connectivity index (χ1v) is 8.61. The monoisotopic (exact) mass is 380 g/mol. The lowest BCUT2D eigenvalue weighted by Crippen LogP contribution is -2.32. The van der Waals surface area contributed by atoms with Gasteiger partial charge in [-0.2, -0.15) is 13.2 Å². The topological polar surface area (TPSA) is 62.0 Å². The van der Waals surface area contributed by atoms with E-state index in [4.69, 9.17) is 0 Å². The summed E-state index contributed by atoms with van der Waals surface area (Å²) in [6.07, 6.45) is -4.45. The number of Topliss-reactive ketones (excluding diaryl/α,β-unsaturated/α-hetero) is 1. The van der Waals surface area contributed by atoms with E-state index in [0.717, 1.165) is 12.1 Å². The van der Waals surface area contributed by atoms with Gasteiger partial charge in [0.05, 0.1) is 11.6 Å². The van der Waals surface area contributed by atoms with Gasteiger partial charge in [0.1, 0.15) is 5.69 Å². The lowest BCUT2D eigenvalue weighted by molar-refractivity contribution is -0.137. The van der Waals surface area contributed by atoms with Gasteiger partial charge in [-0.25, -0.2) is 0 Å². The molecule has 0 saturated heterocycles. The molecule has 7 heteroatoms. The van der Waals surface area contributed by atoms with Crippen LogP contribution in [0.1, 0.15) is 70.0 Å². The van der Waals surface area contributed by atoms with E-state index >= 15 is 0 Å². The highest BCUT2D eigenvalue weighted by Crippen LogP contribution is 2.32. The van der Waals surface area contributed by atoms with Gasteiger partial charge in [-0.3, -0.25) is 9.59 Å².